The Morgan fingerprint density at radius 1 is 1.07 bits per heavy atom. The Balaban J connectivity index is 1.62. The lowest BCUT2D eigenvalue weighted by Gasteiger charge is -2.32. The van der Waals surface area contributed by atoms with Crippen molar-refractivity contribution in [3.05, 3.63) is 59.6 Å². The van der Waals surface area contributed by atoms with E-state index in [2.05, 4.69) is 16.7 Å². The molecule has 0 spiro atoms. The molecule has 1 saturated heterocycles. The normalized spacial score (nSPS) is 17.4. The zero-order valence-corrected chi connectivity index (χ0v) is 23.3. The molecule has 2 heterocycles. The Bertz CT molecular complexity index is 1170. The summed E-state index contributed by atoms with van der Waals surface area (Å²) in [7, 11) is 3.07. The van der Waals surface area contributed by atoms with Gasteiger partial charge in [-0.05, 0) is 74.8 Å². The van der Waals surface area contributed by atoms with Gasteiger partial charge in [0.15, 0.2) is 17.3 Å². The van der Waals surface area contributed by atoms with Crippen LogP contribution in [-0.2, 0) is 14.3 Å². The summed E-state index contributed by atoms with van der Waals surface area (Å²) in [5.41, 5.74) is 1.85. The molecule has 1 aliphatic heterocycles. The van der Waals surface area contributed by atoms with Crippen LogP contribution in [0.1, 0.15) is 67.1 Å². The SMILES string of the molecule is COc1ccc(C(C(=O)NCC2CCCO2)N(CCC2=CCCCC2)C(=O)CNC(=O)c2ccco2)cc1OC. The van der Waals surface area contributed by atoms with Crippen LogP contribution >= 0.6 is 0 Å². The molecule has 3 amide bonds. The van der Waals surface area contributed by atoms with E-state index in [0.717, 1.165) is 38.5 Å². The van der Waals surface area contributed by atoms with Crippen LogP contribution in [0.3, 0.4) is 0 Å². The quantitative estimate of drug-likeness (QED) is 0.362. The average Bonchev–Trinajstić information content (AvgIpc) is 3.72. The standard InChI is InChI=1S/C30H39N3O7/c1-37-24-13-12-22(18-26(24)38-2)28(30(36)31-19-23-10-6-16-39-23)33(15-14-21-8-4-3-5-9-21)27(34)20-32-29(35)25-11-7-17-40-25/h7-8,11-13,17-18,23,28H,3-6,9-10,14-16,19-20H2,1-2H3,(H,31,36)(H,32,35). The molecule has 1 aromatic heterocycles. The van der Waals surface area contributed by atoms with Crippen LogP contribution in [0.15, 0.2) is 52.7 Å². The highest BCUT2D eigenvalue weighted by atomic mass is 16.5. The maximum Gasteiger partial charge on any atom is 0.287 e. The van der Waals surface area contributed by atoms with Crippen molar-refractivity contribution in [3.63, 3.8) is 0 Å². The third kappa shape index (κ3) is 7.65. The fourth-order valence-electron chi connectivity index (χ4n) is 5.16. The van der Waals surface area contributed by atoms with Gasteiger partial charge in [-0.15, -0.1) is 0 Å². The minimum Gasteiger partial charge on any atom is -0.493 e. The van der Waals surface area contributed by atoms with Crippen molar-refractivity contribution in [1.82, 2.24) is 15.5 Å². The van der Waals surface area contributed by atoms with Gasteiger partial charge in [-0.1, -0.05) is 17.7 Å². The second-order valence-electron chi connectivity index (χ2n) is 10.0. The topological polar surface area (TPSA) is 119 Å². The van der Waals surface area contributed by atoms with Crippen molar-refractivity contribution in [2.45, 2.75) is 57.1 Å². The third-order valence-electron chi connectivity index (χ3n) is 7.34. The Labute approximate surface area is 235 Å². The van der Waals surface area contributed by atoms with Crippen LogP contribution in [0.2, 0.25) is 0 Å². The lowest BCUT2D eigenvalue weighted by Crippen LogP contribution is -2.48. The molecule has 216 valence electrons. The van der Waals surface area contributed by atoms with E-state index in [-0.39, 0.29) is 30.2 Å². The highest BCUT2D eigenvalue weighted by molar-refractivity contribution is 5.95. The van der Waals surface area contributed by atoms with Gasteiger partial charge in [0.05, 0.1) is 33.1 Å². The van der Waals surface area contributed by atoms with E-state index in [4.69, 9.17) is 18.6 Å². The molecule has 4 rings (SSSR count). The third-order valence-corrected chi connectivity index (χ3v) is 7.34. The molecule has 2 aromatic rings. The number of methoxy groups -OCH3 is 2. The minimum absolute atomic E-state index is 0.0564. The number of nitrogens with one attached hydrogen (secondary N) is 2. The van der Waals surface area contributed by atoms with Gasteiger partial charge in [0.1, 0.15) is 6.04 Å². The number of hydrogen-bond donors (Lipinski definition) is 2. The second-order valence-corrected chi connectivity index (χ2v) is 10.0. The van der Waals surface area contributed by atoms with Gasteiger partial charge in [0.2, 0.25) is 11.8 Å². The van der Waals surface area contributed by atoms with Crippen LogP contribution < -0.4 is 20.1 Å². The molecule has 10 heteroatoms. The van der Waals surface area contributed by atoms with Crippen LogP contribution in [0.5, 0.6) is 11.5 Å². The van der Waals surface area contributed by atoms with Gasteiger partial charge < -0.3 is 34.2 Å². The number of ether oxygens (including phenoxy) is 3. The molecule has 2 unspecified atom stereocenters. The zero-order valence-electron chi connectivity index (χ0n) is 23.3. The van der Waals surface area contributed by atoms with E-state index in [9.17, 15) is 14.4 Å². The number of carbonyl (C=O) groups excluding carboxylic acids is 3. The molecule has 2 aliphatic rings. The van der Waals surface area contributed by atoms with Gasteiger partial charge in [0, 0.05) is 19.7 Å². The van der Waals surface area contributed by atoms with Crippen LogP contribution in [-0.4, -0.2) is 69.2 Å². The van der Waals surface area contributed by atoms with E-state index in [1.54, 1.807) is 36.3 Å². The molecule has 2 N–H and O–H groups in total. The van der Waals surface area contributed by atoms with E-state index in [0.29, 0.717) is 43.2 Å². The first-order valence-electron chi connectivity index (χ1n) is 13.9. The maximum atomic E-state index is 13.8. The van der Waals surface area contributed by atoms with E-state index >= 15 is 0 Å². The number of carbonyl (C=O) groups is 3. The monoisotopic (exact) mass is 553 g/mol. The summed E-state index contributed by atoms with van der Waals surface area (Å²) in [6.07, 6.45) is 10.3. The summed E-state index contributed by atoms with van der Waals surface area (Å²) in [5, 5.41) is 5.63. The molecule has 40 heavy (non-hydrogen) atoms. The van der Waals surface area contributed by atoms with E-state index in [1.165, 1.54) is 25.0 Å². The average molecular weight is 554 g/mol. The Morgan fingerprint density at radius 3 is 2.60 bits per heavy atom. The largest absolute Gasteiger partial charge is 0.493 e. The molecule has 10 nitrogen and oxygen atoms in total. The van der Waals surface area contributed by atoms with Crippen molar-refractivity contribution in [3.8, 4) is 11.5 Å². The first kappa shape index (κ1) is 29.2. The number of rotatable bonds is 13. The maximum absolute atomic E-state index is 13.8. The predicted molar refractivity (Wildman–Crippen MR) is 148 cm³/mol. The Morgan fingerprint density at radius 2 is 1.93 bits per heavy atom. The first-order valence-corrected chi connectivity index (χ1v) is 13.9. The van der Waals surface area contributed by atoms with Crippen molar-refractivity contribution >= 4 is 17.7 Å². The Hall–Kier alpha value is -3.79. The highest BCUT2D eigenvalue weighted by Gasteiger charge is 2.33. The molecule has 2 atom stereocenters. The van der Waals surface area contributed by atoms with Crippen molar-refractivity contribution in [2.75, 3.05) is 40.5 Å². The summed E-state index contributed by atoms with van der Waals surface area (Å²) in [6.45, 7) is 1.05. The van der Waals surface area contributed by atoms with E-state index in [1.807, 2.05) is 0 Å². The zero-order chi connectivity index (χ0) is 28.3. The van der Waals surface area contributed by atoms with Crippen molar-refractivity contribution in [2.24, 2.45) is 0 Å². The number of furan rings is 1. The van der Waals surface area contributed by atoms with Gasteiger partial charge in [-0.3, -0.25) is 14.4 Å². The summed E-state index contributed by atoms with van der Waals surface area (Å²) in [6, 6.07) is 7.37. The Kier molecular flexibility index (Phi) is 10.6. The smallest absolute Gasteiger partial charge is 0.287 e. The predicted octanol–water partition coefficient (Wildman–Crippen LogP) is 3.78. The first-order chi connectivity index (χ1) is 19.5. The number of benzene rings is 1. The number of hydrogen-bond acceptors (Lipinski definition) is 7. The van der Waals surface area contributed by atoms with Gasteiger partial charge >= 0.3 is 0 Å². The molecule has 0 saturated carbocycles. The summed E-state index contributed by atoms with van der Waals surface area (Å²) in [5.74, 6) is -0.142. The number of allylic oxidation sites excluding steroid dienone is 1. The number of nitrogens with zero attached hydrogens (tertiary/aromatic N) is 1. The van der Waals surface area contributed by atoms with Crippen LogP contribution in [0.4, 0.5) is 0 Å². The molecule has 0 radical (unpaired) electrons. The molecular formula is C30H39N3O7. The minimum atomic E-state index is -0.960. The molecular weight excluding hydrogens is 514 g/mol. The lowest BCUT2D eigenvalue weighted by molar-refractivity contribution is -0.140. The second kappa shape index (κ2) is 14.6. The summed E-state index contributed by atoms with van der Waals surface area (Å²) in [4.78, 5) is 41.6. The van der Waals surface area contributed by atoms with Crippen molar-refractivity contribution in [1.29, 1.82) is 0 Å². The molecule has 1 fully saturated rings. The molecule has 1 aromatic carbocycles. The lowest BCUT2D eigenvalue weighted by atomic mass is 9.96. The molecule has 0 bridgehead atoms. The number of amides is 3. The summed E-state index contributed by atoms with van der Waals surface area (Å²) >= 11 is 0. The van der Waals surface area contributed by atoms with Crippen molar-refractivity contribution < 1.29 is 33.0 Å². The fourth-order valence-corrected chi connectivity index (χ4v) is 5.16. The molecule has 1 aliphatic carbocycles. The highest BCUT2D eigenvalue weighted by Crippen LogP contribution is 2.33. The van der Waals surface area contributed by atoms with Crippen LogP contribution in [0.25, 0.3) is 0 Å². The summed E-state index contributed by atoms with van der Waals surface area (Å²) < 4.78 is 21.7. The van der Waals surface area contributed by atoms with Gasteiger partial charge in [-0.25, -0.2) is 0 Å². The van der Waals surface area contributed by atoms with E-state index < -0.39 is 11.9 Å². The van der Waals surface area contributed by atoms with Crippen LogP contribution in [0, 0.1) is 0 Å². The van der Waals surface area contributed by atoms with Gasteiger partial charge in [0.25, 0.3) is 5.91 Å². The van der Waals surface area contributed by atoms with Gasteiger partial charge in [-0.2, -0.15) is 0 Å². The fraction of sp³-hybridized carbons (Fsp3) is 0.500.